The van der Waals surface area contributed by atoms with Gasteiger partial charge in [-0.25, -0.2) is 4.98 Å². The lowest BCUT2D eigenvalue weighted by Gasteiger charge is -2.08. The van der Waals surface area contributed by atoms with Gasteiger partial charge in [0, 0.05) is 24.4 Å². The van der Waals surface area contributed by atoms with Gasteiger partial charge in [0.2, 0.25) is 5.88 Å². The highest BCUT2D eigenvalue weighted by Crippen LogP contribution is 2.24. The summed E-state index contributed by atoms with van der Waals surface area (Å²) in [7, 11) is 0. The lowest BCUT2D eigenvalue weighted by molar-refractivity contribution is 0.461. The number of benzene rings is 1. The van der Waals surface area contributed by atoms with E-state index in [4.69, 9.17) is 10.5 Å². The number of rotatable bonds is 4. The number of hydrogen-bond donors (Lipinski definition) is 1. The highest BCUT2D eigenvalue weighted by atomic mass is 16.5. The Balaban J connectivity index is 2.22. The standard InChI is InChI=1S/C15H16N2O/c1-2-5-13-6-3-4-7-14(13)18-15-9-8-12(10-16)11-17-15/h2-9,11H,10,16H2,1H3. The van der Waals surface area contributed by atoms with Crippen LogP contribution in [0, 0.1) is 0 Å². The molecule has 0 aliphatic heterocycles. The fourth-order valence-corrected chi connectivity index (χ4v) is 1.60. The van der Waals surface area contributed by atoms with E-state index in [0.29, 0.717) is 12.4 Å². The average molecular weight is 240 g/mol. The number of ether oxygens (including phenoxy) is 1. The third kappa shape index (κ3) is 2.96. The van der Waals surface area contributed by atoms with Gasteiger partial charge in [0.1, 0.15) is 5.75 Å². The molecule has 3 nitrogen and oxygen atoms in total. The molecule has 0 atom stereocenters. The highest BCUT2D eigenvalue weighted by Gasteiger charge is 2.02. The molecule has 0 aliphatic carbocycles. The normalized spacial score (nSPS) is 10.8. The number of allylic oxidation sites excluding steroid dienone is 1. The maximum atomic E-state index is 5.76. The molecule has 92 valence electrons. The third-order valence-electron chi connectivity index (χ3n) is 2.51. The van der Waals surface area contributed by atoms with Gasteiger partial charge >= 0.3 is 0 Å². The van der Waals surface area contributed by atoms with Gasteiger partial charge in [-0.05, 0) is 18.6 Å². The van der Waals surface area contributed by atoms with E-state index in [1.807, 2.05) is 55.5 Å². The van der Waals surface area contributed by atoms with Crippen molar-refractivity contribution in [3.63, 3.8) is 0 Å². The summed E-state index contributed by atoms with van der Waals surface area (Å²) in [5.74, 6) is 1.37. The summed E-state index contributed by atoms with van der Waals surface area (Å²) in [5, 5.41) is 0. The molecule has 0 spiro atoms. The topological polar surface area (TPSA) is 48.1 Å². The zero-order valence-corrected chi connectivity index (χ0v) is 10.3. The van der Waals surface area contributed by atoms with E-state index in [0.717, 1.165) is 16.9 Å². The van der Waals surface area contributed by atoms with Crippen LogP contribution in [0.4, 0.5) is 0 Å². The minimum atomic E-state index is 0.489. The molecule has 0 unspecified atom stereocenters. The summed E-state index contributed by atoms with van der Waals surface area (Å²) in [6, 6.07) is 11.6. The predicted octanol–water partition coefficient (Wildman–Crippen LogP) is 3.37. The lowest BCUT2D eigenvalue weighted by atomic mass is 10.2. The second-order valence-corrected chi connectivity index (χ2v) is 3.85. The number of para-hydroxylation sites is 1. The first-order chi connectivity index (χ1) is 8.83. The Bertz CT molecular complexity index is 532. The second kappa shape index (κ2) is 5.98. The quantitative estimate of drug-likeness (QED) is 0.891. The Hall–Kier alpha value is -2.13. The van der Waals surface area contributed by atoms with Crippen LogP contribution in [0.25, 0.3) is 6.08 Å². The Morgan fingerprint density at radius 3 is 2.72 bits per heavy atom. The van der Waals surface area contributed by atoms with Gasteiger partial charge in [0.15, 0.2) is 0 Å². The largest absolute Gasteiger partial charge is 0.438 e. The third-order valence-corrected chi connectivity index (χ3v) is 2.51. The van der Waals surface area contributed by atoms with Crippen molar-refractivity contribution in [2.24, 2.45) is 5.73 Å². The number of aromatic nitrogens is 1. The monoisotopic (exact) mass is 240 g/mol. The van der Waals surface area contributed by atoms with Gasteiger partial charge in [-0.3, -0.25) is 0 Å². The van der Waals surface area contributed by atoms with Crippen LogP contribution in [0.15, 0.2) is 48.7 Å². The maximum absolute atomic E-state index is 5.76. The van der Waals surface area contributed by atoms with Crippen LogP contribution in [0.3, 0.4) is 0 Å². The van der Waals surface area contributed by atoms with Crippen LogP contribution in [-0.2, 0) is 6.54 Å². The van der Waals surface area contributed by atoms with E-state index in [1.54, 1.807) is 6.20 Å². The summed E-state index contributed by atoms with van der Waals surface area (Å²) >= 11 is 0. The number of hydrogen-bond acceptors (Lipinski definition) is 3. The minimum Gasteiger partial charge on any atom is -0.438 e. The van der Waals surface area contributed by atoms with E-state index in [-0.39, 0.29) is 0 Å². The molecular weight excluding hydrogens is 224 g/mol. The number of nitrogens with zero attached hydrogens (tertiary/aromatic N) is 1. The predicted molar refractivity (Wildman–Crippen MR) is 73.4 cm³/mol. The summed E-state index contributed by atoms with van der Waals surface area (Å²) < 4.78 is 5.76. The minimum absolute atomic E-state index is 0.489. The van der Waals surface area contributed by atoms with Gasteiger partial charge in [-0.2, -0.15) is 0 Å². The molecule has 0 saturated carbocycles. The van der Waals surface area contributed by atoms with Crippen molar-refractivity contribution >= 4 is 6.08 Å². The molecule has 0 bridgehead atoms. The zero-order valence-electron chi connectivity index (χ0n) is 10.3. The van der Waals surface area contributed by atoms with Crippen molar-refractivity contribution in [1.82, 2.24) is 4.98 Å². The van der Waals surface area contributed by atoms with Gasteiger partial charge in [-0.15, -0.1) is 0 Å². The van der Waals surface area contributed by atoms with Gasteiger partial charge in [0.05, 0.1) is 0 Å². The summed E-state index contributed by atoms with van der Waals surface area (Å²) in [6.45, 7) is 2.47. The van der Waals surface area contributed by atoms with Crippen molar-refractivity contribution in [2.75, 3.05) is 0 Å². The fourth-order valence-electron chi connectivity index (χ4n) is 1.60. The molecule has 2 N–H and O–H groups in total. The van der Waals surface area contributed by atoms with Crippen LogP contribution < -0.4 is 10.5 Å². The van der Waals surface area contributed by atoms with Crippen molar-refractivity contribution in [2.45, 2.75) is 13.5 Å². The zero-order chi connectivity index (χ0) is 12.8. The SMILES string of the molecule is CC=Cc1ccccc1Oc1ccc(CN)cn1. The van der Waals surface area contributed by atoms with E-state index in [9.17, 15) is 0 Å². The first-order valence-corrected chi connectivity index (χ1v) is 5.88. The molecule has 2 aromatic rings. The molecule has 0 amide bonds. The molecule has 1 aromatic carbocycles. The van der Waals surface area contributed by atoms with Crippen LogP contribution >= 0.6 is 0 Å². The molecule has 0 aliphatic rings. The molecule has 3 heteroatoms. The van der Waals surface area contributed by atoms with Crippen molar-refractivity contribution < 1.29 is 4.74 Å². The van der Waals surface area contributed by atoms with Crippen molar-refractivity contribution in [1.29, 1.82) is 0 Å². The Morgan fingerprint density at radius 2 is 2.06 bits per heavy atom. The molecular formula is C15H16N2O. The van der Waals surface area contributed by atoms with Gasteiger partial charge in [0.25, 0.3) is 0 Å². The first-order valence-electron chi connectivity index (χ1n) is 5.88. The molecule has 18 heavy (non-hydrogen) atoms. The molecule has 2 rings (SSSR count). The number of pyridine rings is 1. The Morgan fingerprint density at radius 1 is 1.22 bits per heavy atom. The first kappa shape index (κ1) is 12.3. The Labute approximate surface area is 107 Å². The molecule has 0 fully saturated rings. The summed E-state index contributed by atoms with van der Waals surface area (Å²) in [6.07, 6.45) is 5.71. The van der Waals surface area contributed by atoms with Gasteiger partial charge in [-0.1, -0.05) is 36.4 Å². The van der Waals surface area contributed by atoms with Crippen LogP contribution in [0.1, 0.15) is 18.1 Å². The number of nitrogens with two attached hydrogens (primary N) is 1. The summed E-state index contributed by atoms with van der Waals surface area (Å²) in [5.41, 5.74) is 7.55. The van der Waals surface area contributed by atoms with Crippen molar-refractivity contribution in [3.8, 4) is 11.6 Å². The maximum Gasteiger partial charge on any atom is 0.219 e. The fraction of sp³-hybridized carbons (Fsp3) is 0.133. The van der Waals surface area contributed by atoms with Crippen LogP contribution in [-0.4, -0.2) is 4.98 Å². The van der Waals surface area contributed by atoms with Crippen molar-refractivity contribution in [3.05, 3.63) is 59.8 Å². The van der Waals surface area contributed by atoms with Crippen LogP contribution in [0.5, 0.6) is 11.6 Å². The molecule has 0 radical (unpaired) electrons. The summed E-state index contributed by atoms with van der Waals surface area (Å²) in [4.78, 5) is 4.22. The lowest BCUT2D eigenvalue weighted by Crippen LogP contribution is -1.97. The second-order valence-electron chi connectivity index (χ2n) is 3.85. The molecule has 0 saturated heterocycles. The van der Waals surface area contributed by atoms with E-state index >= 15 is 0 Å². The highest BCUT2D eigenvalue weighted by molar-refractivity contribution is 5.57. The van der Waals surface area contributed by atoms with E-state index in [1.165, 1.54) is 0 Å². The molecule has 1 aromatic heterocycles. The Kier molecular flexibility index (Phi) is 4.10. The average Bonchev–Trinajstić information content (AvgIpc) is 2.42. The van der Waals surface area contributed by atoms with Gasteiger partial charge < -0.3 is 10.5 Å². The molecule has 1 heterocycles. The van der Waals surface area contributed by atoms with E-state index < -0.39 is 0 Å². The smallest absolute Gasteiger partial charge is 0.219 e. The van der Waals surface area contributed by atoms with Crippen LogP contribution in [0.2, 0.25) is 0 Å². The van der Waals surface area contributed by atoms with E-state index in [2.05, 4.69) is 4.98 Å².